The predicted molar refractivity (Wildman–Crippen MR) is 65.4 cm³/mol. The number of rotatable bonds is 6. The van der Waals surface area contributed by atoms with Crippen LogP contribution in [0.4, 0.5) is 13.2 Å². The fourth-order valence-electron chi connectivity index (χ4n) is 1.45. The van der Waals surface area contributed by atoms with Crippen molar-refractivity contribution >= 4 is 18.1 Å². The van der Waals surface area contributed by atoms with Gasteiger partial charge in [-0.2, -0.15) is 8.42 Å². The molecule has 0 aromatic heterocycles. The van der Waals surface area contributed by atoms with E-state index in [2.05, 4.69) is 13.7 Å². The summed E-state index contributed by atoms with van der Waals surface area (Å²) in [6.07, 6.45) is -4.97. The molecule has 1 aromatic rings. The lowest BCUT2D eigenvalue weighted by Crippen LogP contribution is -2.20. The maximum atomic E-state index is 12.3. The Balaban J connectivity index is 3.33. The molecule has 0 amide bonds. The maximum absolute atomic E-state index is 12.3. The summed E-state index contributed by atoms with van der Waals surface area (Å²) in [4.78, 5) is -0.818. The minimum Gasteiger partial charge on any atom is -0.404 e. The first-order valence-electron chi connectivity index (χ1n) is 5.46. The lowest BCUT2D eigenvalue weighted by molar-refractivity contribution is -0.275. The third-order valence-electron chi connectivity index (χ3n) is 2.14. The number of halogens is 3. The highest BCUT2D eigenvalue weighted by atomic mass is 32.2. The van der Waals surface area contributed by atoms with Gasteiger partial charge in [-0.05, 0) is 22.6 Å². The van der Waals surface area contributed by atoms with Crippen LogP contribution in [0.25, 0.3) is 0 Å². The first-order valence-corrected chi connectivity index (χ1v) is 8.50. The Morgan fingerprint density at radius 3 is 2.38 bits per heavy atom. The van der Waals surface area contributed by atoms with Crippen molar-refractivity contribution in [2.45, 2.75) is 24.6 Å². The van der Waals surface area contributed by atoms with Crippen LogP contribution < -0.4 is 4.74 Å². The standard InChI is InChI=1S/C10H11F3O6PS/c1-3-7-5-4-6-8(17-10(11,12)13)9(7)21(15,16)19-18-20(2)14/h4-6H,3H2,1-2H3/q+1. The van der Waals surface area contributed by atoms with E-state index in [0.717, 1.165) is 12.7 Å². The molecule has 0 N–H and O–H groups in total. The summed E-state index contributed by atoms with van der Waals surface area (Å²) in [6, 6.07) is 3.33. The summed E-state index contributed by atoms with van der Waals surface area (Å²) < 4.78 is 83.2. The molecule has 0 bridgehead atoms. The van der Waals surface area contributed by atoms with E-state index in [-0.39, 0.29) is 12.0 Å². The molecular formula is C10H11F3O6PS+. The highest BCUT2D eigenvalue weighted by molar-refractivity contribution is 7.87. The van der Waals surface area contributed by atoms with Crippen LogP contribution in [-0.2, 0) is 30.1 Å². The SMILES string of the molecule is CCc1cccc(OC(F)(F)F)c1S(=O)(=O)OO[P+](C)=O. The number of hydrogen-bond acceptors (Lipinski definition) is 6. The Labute approximate surface area is 119 Å². The molecule has 0 saturated carbocycles. The van der Waals surface area contributed by atoms with E-state index in [1.165, 1.54) is 19.1 Å². The lowest BCUT2D eigenvalue weighted by Gasteiger charge is -2.14. The molecule has 1 rings (SSSR count). The summed E-state index contributed by atoms with van der Waals surface area (Å²) in [7, 11) is -7.15. The minimum absolute atomic E-state index is 0.0340. The molecule has 0 aliphatic carbocycles. The van der Waals surface area contributed by atoms with Gasteiger partial charge in [0.05, 0.1) is 0 Å². The van der Waals surface area contributed by atoms with Crippen molar-refractivity contribution < 1.29 is 39.9 Å². The fraction of sp³-hybridized carbons (Fsp3) is 0.400. The zero-order valence-electron chi connectivity index (χ0n) is 10.9. The molecule has 11 heteroatoms. The molecule has 21 heavy (non-hydrogen) atoms. The third-order valence-corrected chi connectivity index (χ3v) is 3.74. The highest BCUT2D eigenvalue weighted by Crippen LogP contribution is 2.34. The first kappa shape index (κ1) is 17.8. The topological polar surface area (TPSA) is 78.9 Å². The van der Waals surface area contributed by atoms with Crippen LogP contribution in [0, 0.1) is 0 Å². The Hall–Kier alpha value is -1.22. The number of hydrogen-bond donors (Lipinski definition) is 0. The van der Waals surface area contributed by atoms with Crippen LogP contribution in [0.2, 0.25) is 0 Å². The van der Waals surface area contributed by atoms with E-state index in [1.807, 2.05) is 0 Å². The van der Waals surface area contributed by atoms with Crippen molar-refractivity contribution in [1.82, 2.24) is 0 Å². The van der Waals surface area contributed by atoms with Gasteiger partial charge in [-0.1, -0.05) is 23.4 Å². The fourth-order valence-corrected chi connectivity index (χ4v) is 3.07. The maximum Gasteiger partial charge on any atom is 0.573 e. The van der Waals surface area contributed by atoms with Crippen molar-refractivity contribution in [2.75, 3.05) is 6.66 Å². The van der Waals surface area contributed by atoms with Crippen LogP contribution >= 0.6 is 8.03 Å². The largest absolute Gasteiger partial charge is 0.573 e. The lowest BCUT2D eigenvalue weighted by atomic mass is 10.1. The van der Waals surface area contributed by atoms with Crippen LogP contribution in [0.5, 0.6) is 5.75 Å². The summed E-state index contributed by atoms with van der Waals surface area (Å²) >= 11 is 0. The van der Waals surface area contributed by atoms with Crippen molar-refractivity contribution in [2.24, 2.45) is 0 Å². The van der Waals surface area contributed by atoms with Gasteiger partial charge in [0, 0.05) is 4.67 Å². The molecule has 1 atom stereocenters. The van der Waals surface area contributed by atoms with Crippen molar-refractivity contribution in [3.63, 3.8) is 0 Å². The van der Waals surface area contributed by atoms with E-state index < -0.39 is 35.2 Å². The Bertz CT molecular complexity index is 628. The average molecular weight is 347 g/mol. The molecule has 0 aliphatic rings. The number of aryl methyl sites for hydroxylation is 1. The molecule has 0 fully saturated rings. The van der Waals surface area contributed by atoms with Crippen LogP contribution in [0.1, 0.15) is 12.5 Å². The van der Waals surface area contributed by atoms with E-state index in [0.29, 0.717) is 0 Å². The molecule has 1 aromatic carbocycles. The predicted octanol–water partition coefficient (Wildman–Crippen LogP) is 3.16. The van der Waals surface area contributed by atoms with Gasteiger partial charge in [0.15, 0.2) is 12.4 Å². The van der Waals surface area contributed by atoms with Crippen LogP contribution in [-0.4, -0.2) is 21.4 Å². The van der Waals surface area contributed by atoms with Crippen molar-refractivity contribution in [3.05, 3.63) is 23.8 Å². The van der Waals surface area contributed by atoms with Gasteiger partial charge in [-0.3, -0.25) is 0 Å². The summed E-state index contributed by atoms with van der Waals surface area (Å²) in [5.74, 6) is -0.947. The zero-order chi connectivity index (χ0) is 16.3. The molecule has 0 spiro atoms. The Kier molecular flexibility index (Phi) is 5.68. The van der Waals surface area contributed by atoms with Gasteiger partial charge in [-0.25, -0.2) is 0 Å². The van der Waals surface area contributed by atoms with Gasteiger partial charge in [0.1, 0.15) is 4.90 Å². The van der Waals surface area contributed by atoms with E-state index in [4.69, 9.17) is 0 Å². The van der Waals surface area contributed by atoms with E-state index in [1.54, 1.807) is 0 Å². The van der Waals surface area contributed by atoms with Gasteiger partial charge in [-0.15, -0.1) is 13.2 Å². The molecule has 0 heterocycles. The highest BCUT2D eigenvalue weighted by Gasteiger charge is 2.36. The molecule has 0 saturated heterocycles. The van der Waals surface area contributed by atoms with E-state index in [9.17, 15) is 26.2 Å². The van der Waals surface area contributed by atoms with Crippen molar-refractivity contribution in [1.29, 1.82) is 0 Å². The van der Waals surface area contributed by atoms with Crippen molar-refractivity contribution in [3.8, 4) is 5.75 Å². The van der Waals surface area contributed by atoms with Gasteiger partial charge < -0.3 is 4.74 Å². The number of alkyl halides is 3. The molecule has 0 aliphatic heterocycles. The van der Waals surface area contributed by atoms with E-state index >= 15 is 0 Å². The quantitative estimate of drug-likeness (QED) is 0.447. The zero-order valence-corrected chi connectivity index (χ0v) is 12.6. The summed E-state index contributed by atoms with van der Waals surface area (Å²) in [5, 5.41) is 0. The van der Waals surface area contributed by atoms with Gasteiger partial charge in [0.25, 0.3) is 0 Å². The molecule has 6 nitrogen and oxygen atoms in total. The Morgan fingerprint density at radius 1 is 1.29 bits per heavy atom. The third kappa shape index (κ3) is 5.24. The smallest absolute Gasteiger partial charge is 0.404 e. The van der Waals surface area contributed by atoms with Crippen LogP contribution in [0.15, 0.2) is 23.1 Å². The summed E-state index contributed by atoms with van der Waals surface area (Å²) in [6.45, 7) is 2.55. The second-order valence-corrected chi connectivity index (χ2v) is 6.16. The minimum atomic E-state index is -5.08. The number of ether oxygens (including phenoxy) is 1. The molecule has 1 unspecified atom stereocenters. The van der Waals surface area contributed by atoms with Crippen LogP contribution in [0.3, 0.4) is 0 Å². The van der Waals surface area contributed by atoms with Gasteiger partial charge in [0.2, 0.25) is 0 Å². The first-order chi connectivity index (χ1) is 9.57. The second kappa shape index (κ2) is 6.69. The average Bonchev–Trinajstić information content (AvgIpc) is 2.34. The normalized spacial score (nSPS) is 13.1. The monoisotopic (exact) mass is 347 g/mol. The Morgan fingerprint density at radius 2 is 1.90 bits per heavy atom. The molecule has 118 valence electrons. The summed E-state index contributed by atoms with van der Waals surface area (Å²) in [5.41, 5.74) is 0.0340. The number of benzene rings is 1. The molecular weight excluding hydrogens is 336 g/mol. The second-order valence-electron chi connectivity index (χ2n) is 3.68. The van der Waals surface area contributed by atoms with Gasteiger partial charge >= 0.3 is 24.5 Å². The molecule has 0 radical (unpaired) electrons.